The van der Waals surface area contributed by atoms with Gasteiger partial charge in [0, 0.05) is 0 Å². The predicted octanol–water partition coefficient (Wildman–Crippen LogP) is 15.0. The predicted molar refractivity (Wildman–Crippen MR) is 228 cm³/mol. The number of fused-ring (bicyclic) bond motifs is 3. The maximum atomic E-state index is 2.49. The molecule has 0 radical (unpaired) electrons. The van der Waals surface area contributed by atoms with Gasteiger partial charge in [-0.1, -0.05) is 192 Å². The van der Waals surface area contributed by atoms with E-state index in [-0.39, 0.29) is 10.8 Å². The van der Waals surface area contributed by atoms with E-state index in [2.05, 4.69) is 201 Å². The largest absolute Gasteiger partial charge is 0.0622 e. The Labute approximate surface area is 309 Å². The molecule has 0 amide bonds. The number of hydrogen-bond donors (Lipinski definition) is 0. The average molecular weight is 673 g/mol. The van der Waals surface area contributed by atoms with Crippen LogP contribution in [-0.4, -0.2) is 0 Å². The van der Waals surface area contributed by atoms with Crippen LogP contribution in [0.3, 0.4) is 0 Å². The molecule has 0 aliphatic heterocycles. The van der Waals surface area contributed by atoms with Gasteiger partial charge in [0.05, 0.1) is 0 Å². The lowest BCUT2D eigenvalue weighted by Gasteiger charge is -2.27. The minimum absolute atomic E-state index is 0.0124. The van der Waals surface area contributed by atoms with Crippen molar-refractivity contribution < 1.29 is 0 Å². The van der Waals surface area contributed by atoms with E-state index in [0.717, 1.165) is 0 Å². The van der Waals surface area contributed by atoms with Crippen molar-refractivity contribution >= 4 is 32.3 Å². The summed E-state index contributed by atoms with van der Waals surface area (Å²) < 4.78 is 0. The molecule has 0 heterocycles. The molecule has 8 aromatic carbocycles. The van der Waals surface area contributed by atoms with Gasteiger partial charge in [0.2, 0.25) is 0 Å². The molecule has 0 bridgehead atoms. The van der Waals surface area contributed by atoms with E-state index in [4.69, 9.17) is 0 Å². The van der Waals surface area contributed by atoms with Crippen molar-refractivity contribution in [1.29, 1.82) is 0 Å². The monoisotopic (exact) mass is 672 g/mol. The Morgan fingerprint density at radius 2 is 0.673 bits per heavy atom. The van der Waals surface area contributed by atoms with Crippen LogP contribution in [0, 0.1) is 13.8 Å². The molecule has 0 fully saturated rings. The Morgan fingerprint density at radius 3 is 1.15 bits per heavy atom. The molecule has 8 aromatic rings. The third-order valence-electron chi connectivity index (χ3n) is 10.9. The van der Waals surface area contributed by atoms with Crippen LogP contribution in [0.2, 0.25) is 0 Å². The molecule has 0 saturated carbocycles. The van der Waals surface area contributed by atoms with Crippen LogP contribution in [0.1, 0.15) is 63.8 Å². The highest BCUT2D eigenvalue weighted by Gasteiger charge is 2.27. The summed E-state index contributed by atoms with van der Waals surface area (Å²) in [6, 6.07) is 55.1. The Bertz CT molecular complexity index is 2590. The summed E-state index contributed by atoms with van der Waals surface area (Å²) in [6.45, 7) is 18.3. The fourth-order valence-corrected chi connectivity index (χ4v) is 8.07. The fourth-order valence-electron chi connectivity index (χ4n) is 8.07. The average Bonchev–Trinajstić information content (AvgIpc) is 3.13. The maximum Gasteiger partial charge on any atom is -0.000139 e. The molecule has 0 spiro atoms. The Balaban J connectivity index is 1.74. The number of benzene rings is 8. The first-order chi connectivity index (χ1) is 24.9. The van der Waals surface area contributed by atoms with E-state index >= 15 is 0 Å². The lowest BCUT2D eigenvalue weighted by atomic mass is 9.76. The zero-order valence-electron chi connectivity index (χ0n) is 31.9. The molecular weight excluding hydrogens is 625 g/mol. The van der Waals surface area contributed by atoms with E-state index in [1.54, 1.807) is 0 Å². The van der Waals surface area contributed by atoms with Gasteiger partial charge in [0.15, 0.2) is 0 Å². The summed E-state index contributed by atoms with van der Waals surface area (Å²) in [5, 5.41) is 7.74. The van der Waals surface area contributed by atoms with Crippen molar-refractivity contribution in [3.63, 3.8) is 0 Å². The van der Waals surface area contributed by atoms with Crippen molar-refractivity contribution in [2.24, 2.45) is 0 Å². The summed E-state index contributed by atoms with van der Waals surface area (Å²) in [5.74, 6) is 0. The molecule has 0 nitrogen and oxygen atoms in total. The van der Waals surface area contributed by atoms with E-state index in [1.165, 1.54) is 99.1 Å². The second-order valence-electron chi connectivity index (χ2n) is 16.7. The minimum Gasteiger partial charge on any atom is -0.0622 e. The molecule has 0 aromatic heterocycles. The van der Waals surface area contributed by atoms with Crippen molar-refractivity contribution in [3.8, 4) is 44.5 Å². The van der Waals surface area contributed by atoms with Gasteiger partial charge < -0.3 is 0 Å². The normalized spacial score (nSPS) is 12.2. The molecule has 0 aliphatic carbocycles. The lowest BCUT2D eigenvalue weighted by molar-refractivity contribution is 0.590. The van der Waals surface area contributed by atoms with Crippen molar-refractivity contribution in [2.45, 2.75) is 66.2 Å². The first kappa shape index (κ1) is 33.7. The summed E-state index contributed by atoms with van der Waals surface area (Å²) >= 11 is 0. The number of rotatable bonds is 4. The SMILES string of the molecule is Cc1ccc(-c2c3ccc(C)cc3c(-c3ccccc3)c3c(-c4ccc(C(C)(C)C)cc4)c4ccc(C(C)(C)C)cc4c(-c4ccccc4)c23)cc1. The van der Waals surface area contributed by atoms with Crippen LogP contribution in [0.4, 0.5) is 0 Å². The number of aryl methyl sites for hydroxylation is 2. The first-order valence-corrected chi connectivity index (χ1v) is 18.7. The fraction of sp³-hybridized carbons (Fsp3) is 0.192. The Morgan fingerprint density at radius 1 is 0.308 bits per heavy atom. The Hall–Kier alpha value is -5.46. The van der Waals surface area contributed by atoms with Gasteiger partial charge in [0.25, 0.3) is 0 Å². The second-order valence-corrected chi connectivity index (χ2v) is 16.7. The van der Waals surface area contributed by atoms with E-state index in [9.17, 15) is 0 Å². The summed E-state index contributed by atoms with van der Waals surface area (Å²) in [7, 11) is 0. The van der Waals surface area contributed by atoms with Crippen molar-refractivity contribution in [2.75, 3.05) is 0 Å². The lowest BCUT2D eigenvalue weighted by Crippen LogP contribution is -2.11. The van der Waals surface area contributed by atoms with Crippen LogP contribution < -0.4 is 0 Å². The van der Waals surface area contributed by atoms with Gasteiger partial charge in [-0.25, -0.2) is 0 Å². The molecule has 52 heavy (non-hydrogen) atoms. The van der Waals surface area contributed by atoms with Crippen LogP contribution in [0.15, 0.2) is 146 Å². The standard InChI is InChI=1S/C52H48/c1-33-19-22-37(23-20-33)45-41-29-21-34(2)31-43(41)47(35-15-11-9-12-16-35)49-46(38-24-26-39(27-25-38)51(3,4)5)42-30-28-40(52(6,7)8)32-44(42)48(50(45)49)36-17-13-10-14-18-36/h9-32H,1-8H3. The summed E-state index contributed by atoms with van der Waals surface area (Å²) in [4.78, 5) is 0. The summed E-state index contributed by atoms with van der Waals surface area (Å²) in [6.07, 6.45) is 0. The molecule has 0 atom stereocenters. The van der Waals surface area contributed by atoms with Crippen LogP contribution in [0.25, 0.3) is 76.8 Å². The molecule has 0 N–H and O–H groups in total. The highest BCUT2D eigenvalue weighted by atomic mass is 14.3. The van der Waals surface area contributed by atoms with Gasteiger partial charge in [-0.3, -0.25) is 0 Å². The highest BCUT2D eigenvalue weighted by Crippen LogP contribution is 2.54. The first-order valence-electron chi connectivity index (χ1n) is 18.7. The van der Waals surface area contributed by atoms with Crippen LogP contribution >= 0.6 is 0 Å². The van der Waals surface area contributed by atoms with E-state index in [0.29, 0.717) is 0 Å². The van der Waals surface area contributed by atoms with Gasteiger partial charge in [0.1, 0.15) is 0 Å². The topological polar surface area (TPSA) is 0 Å². The molecule has 0 unspecified atom stereocenters. The van der Waals surface area contributed by atoms with E-state index < -0.39 is 0 Å². The summed E-state index contributed by atoms with van der Waals surface area (Å²) in [5.41, 5.74) is 15.4. The quantitative estimate of drug-likeness (QED) is 0.163. The van der Waals surface area contributed by atoms with Gasteiger partial charge in [-0.2, -0.15) is 0 Å². The molecule has 0 aliphatic rings. The molecule has 8 rings (SSSR count). The van der Waals surface area contributed by atoms with Gasteiger partial charge in [-0.15, -0.1) is 0 Å². The van der Waals surface area contributed by atoms with Gasteiger partial charge in [-0.05, 0) is 119 Å². The maximum absolute atomic E-state index is 2.49. The smallest absolute Gasteiger partial charge is 0.000139 e. The van der Waals surface area contributed by atoms with E-state index in [1.807, 2.05) is 0 Å². The molecular formula is C52H48. The molecule has 0 saturated heterocycles. The zero-order chi connectivity index (χ0) is 36.4. The Kier molecular flexibility index (Phi) is 8.19. The minimum atomic E-state index is -0.0124. The van der Waals surface area contributed by atoms with Gasteiger partial charge >= 0.3 is 0 Å². The van der Waals surface area contributed by atoms with Crippen molar-refractivity contribution in [3.05, 3.63) is 168 Å². The number of hydrogen-bond acceptors (Lipinski definition) is 0. The third-order valence-corrected chi connectivity index (χ3v) is 10.9. The molecule has 0 heteroatoms. The zero-order valence-corrected chi connectivity index (χ0v) is 31.9. The van der Waals surface area contributed by atoms with Crippen LogP contribution in [-0.2, 0) is 10.8 Å². The van der Waals surface area contributed by atoms with Crippen LogP contribution in [0.5, 0.6) is 0 Å². The van der Waals surface area contributed by atoms with Crippen molar-refractivity contribution in [1.82, 2.24) is 0 Å². The highest BCUT2D eigenvalue weighted by molar-refractivity contribution is 6.34. The second kappa shape index (κ2) is 12.6. The molecule has 256 valence electrons. The third kappa shape index (κ3) is 5.81.